The summed E-state index contributed by atoms with van der Waals surface area (Å²) in [5.41, 5.74) is 0.586. The average molecular weight is 429 g/mol. The molecule has 0 unspecified atom stereocenters. The number of nitrogens with zero attached hydrogens (tertiary/aromatic N) is 3. The number of amides is 1. The van der Waals surface area contributed by atoms with Crippen molar-refractivity contribution >= 4 is 46.6 Å². The molecule has 5 nitrogen and oxygen atoms in total. The molecule has 0 saturated carbocycles. The highest BCUT2D eigenvalue weighted by molar-refractivity contribution is 7.99. The minimum atomic E-state index is -0.134. The van der Waals surface area contributed by atoms with Crippen LogP contribution in [0.15, 0.2) is 23.4 Å². The van der Waals surface area contributed by atoms with Crippen molar-refractivity contribution in [2.75, 3.05) is 11.1 Å². The lowest BCUT2D eigenvalue weighted by Crippen LogP contribution is -2.14. The second-order valence-electron chi connectivity index (χ2n) is 6.30. The van der Waals surface area contributed by atoms with Crippen molar-refractivity contribution in [1.82, 2.24) is 14.8 Å². The second-order valence-corrected chi connectivity index (χ2v) is 8.12. The molecule has 0 radical (unpaired) electrons. The summed E-state index contributed by atoms with van der Waals surface area (Å²) in [6.07, 6.45) is 7.07. The van der Waals surface area contributed by atoms with Gasteiger partial charge in [0.1, 0.15) is 5.82 Å². The molecule has 1 heterocycles. The maximum atomic E-state index is 12.2. The molecule has 1 aromatic carbocycles. The van der Waals surface area contributed by atoms with E-state index in [9.17, 15) is 4.79 Å². The molecule has 0 saturated heterocycles. The minimum absolute atomic E-state index is 0.134. The number of hydrogen-bond acceptors (Lipinski definition) is 4. The topological polar surface area (TPSA) is 59.8 Å². The molecule has 1 N–H and O–H groups in total. The van der Waals surface area contributed by atoms with Crippen molar-refractivity contribution in [1.29, 1.82) is 0 Å². The summed E-state index contributed by atoms with van der Waals surface area (Å²) in [6, 6.07) is 4.96. The first-order chi connectivity index (χ1) is 13.0. The van der Waals surface area contributed by atoms with Crippen LogP contribution in [0.1, 0.15) is 51.8 Å². The van der Waals surface area contributed by atoms with E-state index in [1.807, 2.05) is 0 Å². The van der Waals surface area contributed by atoms with E-state index in [0.717, 1.165) is 30.4 Å². The van der Waals surface area contributed by atoms with Crippen molar-refractivity contribution < 1.29 is 4.79 Å². The number of halogens is 2. The molecule has 0 bridgehead atoms. The molecule has 27 heavy (non-hydrogen) atoms. The summed E-state index contributed by atoms with van der Waals surface area (Å²) in [7, 11) is 0. The van der Waals surface area contributed by atoms with E-state index in [4.69, 9.17) is 23.2 Å². The predicted octanol–water partition coefficient (Wildman–Crippen LogP) is 5.85. The van der Waals surface area contributed by atoms with Crippen molar-refractivity contribution in [2.24, 2.45) is 0 Å². The van der Waals surface area contributed by atoms with Gasteiger partial charge in [-0.1, -0.05) is 67.6 Å². The fraction of sp³-hybridized carbons (Fsp3) is 0.526. The third-order valence-corrected chi connectivity index (χ3v) is 5.50. The largest absolute Gasteiger partial charge is 0.325 e. The van der Waals surface area contributed by atoms with Crippen LogP contribution < -0.4 is 5.32 Å². The number of benzene rings is 1. The third kappa shape index (κ3) is 7.35. The maximum absolute atomic E-state index is 12.2. The van der Waals surface area contributed by atoms with E-state index in [0.29, 0.717) is 15.7 Å². The van der Waals surface area contributed by atoms with Gasteiger partial charge in [0.05, 0.1) is 5.75 Å². The molecular formula is C19H26Cl2N4OS. The number of thioether (sulfide) groups is 1. The summed E-state index contributed by atoms with van der Waals surface area (Å²) in [5, 5.41) is 13.1. The standard InChI is InChI=1S/C19H26Cl2N4OS/c1-3-5-6-7-8-9-17-23-24-19(25(17)4-2)27-13-18(26)22-16-11-14(20)10-15(21)12-16/h10-12H,3-9,13H2,1-2H3,(H,22,26). The summed E-state index contributed by atoms with van der Waals surface area (Å²) in [4.78, 5) is 12.2. The Hall–Kier alpha value is -1.24. The zero-order valence-corrected chi connectivity index (χ0v) is 18.1. The Morgan fingerprint density at radius 1 is 1.07 bits per heavy atom. The van der Waals surface area contributed by atoms with Gasteiger partial charge in [0.15, 0.2) is 5.16 Å². The number of unbranched alkanes of at least 4 members (excludes halogenated alkanes) is 4. The van der Waals surface area contributed by atoms with Crippen LogP contribution in [-0.2, 0) is 17.8 Å². The molecule has 2 rings (SSSR count). The molecule has 0 aliphatic heterocycles. The Kier molecular flexibility index (Phi) is 9.45. The minimum Gasteiger partial charge on any atom is -0.325 e. The van der Waals surface area contributed by atoms with Gasteiger partial charge in [0.25, 0.3) is 0 Å². The maximum Gasteiger partial charge on any atom is 0.234 e. The van der Waals surface area contributed by atoms with Crippen LogP contribution in [0.25, 0.3) is 0 Å². The SMILES string of the molecule is CCCCCCCc1nnc(SCC(=O)Nc2cc(Cl)cc(Cl)c2)n1CC. The van der Waals surface area contributed by atoms with Gasteiger partial charge in [0, 0.05) is 28.7 Å². The van der Waals surface area contributed by atoms with Crippen LogP contribution in [0.2, 0.25) is 10.0 Å². The Bertz CT molecular complexity index is 731. The molecular weight excluding hydrogens is 403 g/mol. The highest BCUT2D eigenvalue weighted by Crippen LogP contribution is 2.23. The van der Waals surface area contributed by atoms with Crippen LogP contribution in [0.5, 0.6) is 0 Å². The quantitative estimate of drug-likeness (QED) is 0.360. The number of aromatic nitrogens is 3. The van der Waals surface area contributed by atoms with Crippen LogP contribution in [0, 0.1) is 0 Å². The van der Waals surface area contributed by atoms with Gasteiger partial charge >= 0.3 is 0 Å². The predicted molar refractivity (Wildman–Crippen MR) is 114 cm³/mol. The lowest BCUT2D eigenvalue weighted by molar-refractivity contribution is -0.113. The van der Waals surface area contributed by atoms with Crippen LogP contribution in [-0.4, -0.2) is 26.4 Å². The molecule has 1 amide bonds. The first-order valence-electron chi connectivity index (χ1n) is 9.34. The van der Waals surface area contributed by atoms with E-state index in [1.165, 1.54) is 37.4 Å². The van der Waals surface area contributed by atoms with E-state index >= 15 is 0 Å². The van der Waals surface area contributed by atoms with E-state index < -0.39 is 0 Å². The van der Waals surface area contributed by atoms with E-state index in [1.54, 1.807) is 18.2 Å². The van der Waals surface area contributed by atoms with Gasteiger partial charge in [-0.2, -0.15) is 0 Å². The number of aryl methyl sites for hydroxylation is 1. The normalized spacial score (nSPS) is 11.0. The van der Waals surface area contributed by atoms with Crippen molar-refractivity contribution in [3.05, 3.63) is 34.1 Å². The monoisotopic (exact) mass is 428 g/mol. The highest BCUT2D eigenvalue weighted by atomic mass is 35.5. The fourth-order valence-corrected chi connectivity index (χ4v) is 4.12. The Labute approximate surface area is 175 Å². The van der Waals surface area contributed by atoms with Crippen molar-refractivity contribution in [3.63, 3.8) is 0 Å². The van der Waals surface area contributed by atoms with Gasteiger partial charge in [0.2, 0.25) is 5.91 Å². The number of hydrogen-bond donors (Lipinski definition) is 1. The van der Waals surface area contributed by atoms with Crippen molar-refractivity contribution in [3.8, 4) is 0 Å². The zero-order chi connectivity index (χ0) is 19.6. The number of carbonyl (C=O) groups excluding carboxylic acids is 1. The number of nitrogens with one attached hydrogen (secondary N) is 1. The lowest BCUT2D eigenvalue weighted by atomic mass is 10.1. The Balaban J connectivity index is 1.86. The summed E-state index contributed by atoms with van der Waals surface area (Å²) in [5.74, 6) is 1.11. The van der Waals surface area contributed by atoms with Gasteiger partial charge in [-0.3, -0.25) is 4.79 Å². The van der Waals surface area contributed by atoms with E-state index in [-0.39, 0.29) is 11.7 Å². The Morgan fingerprint density at radius 3 is 2.44 bits per heavy atom. The molecule has 8 heteroatoms. The number of carbonyl (C=O) groups is 1. The Morgan fingerprint density at radius 2 is 1.78 bits per heavy atom. The first kappa shape index (κ1) is 22.1. The highest BCUT2D eigenvalue weighted by Gasteiger charge is 2.13. The molecule has 0 fully saturated rings. The van der Waals surface area contributed by atoms with Crippen LogP contribution >= 0.6 is 35.0 Å². The number of rotatable bonds is 11. The smallest absolute Gasteiger partial charge is 0.234 e. The lowest BCUT2D eigenvalue weighted by Gasteiger charge is -2.08. The molecule has 0 atom stereocenters. The fourth-order valence-electron chi connectivity index (χ4n) is 2.77. The summed E-state index contributed by atoms with van der Waals surface area (Å²) in [6.45, 7) is 5.08. The molecule has 0 aliphatic carbocycles. The average Bonchev–Trinajstić information content (AvgIpc) is 3.00. The second kappa shape index (κ2) is 11.6. The molecule has 0 aliphatic rings. The van der Waals surface area contributed by atoms with Gasteiger partial charge in [-0.05, 0) is 31.5 Å². The van der Waals surface area contributed by atoms with Gasteiger partial charge in [-0.15, -0.1) is 10.2 Å². The van der Waals surface area contributed by atoms with Gasteiger partial charge < -0.3 is 9.88 Å². The molecule has 148 valence electrons. The summed E-state index contributed by atoms with van der Waals surface area (Å²) < 4.78 is 2.09. The molecule has 2 aromatic rings. The zero-order valence-electron chi connectivity index (χ0n) is 15.8. The molecule has 1 aromatic heterocycles. The molecule has 0 spiro atoms. The van der Waals surface area contributed by atoms with Crippen LogP contribution in [0.3, 0.4) is 0 Å². The van der Waals surface area contributed by atoms with Gasteiger partial charge in [-0.25, -0.2) is 0 Å². The summed E-state index contributed by atoms with van der Waals surface area (Å²) >= 11 is 13.3. The van der Waals surface area contributed by atoms with E-state index in [2.05, 4.69) is 33.9 Å². The van der Waals surface area contributed by atoms with Crippen LogP contribution in [0.4, 0.5) is 5.69 Å². The van der Waals surface area contributed by atoms with Crippen molar-refractivity contribution in [2.45, 2.75) is 64.1 Å². The number of anilines is 1. The first-order valence-corrected chi connectivity index (χ1v) is 11.1. The third-order valence-electron chi connectivity index (χ3n) is 4.09.